The van der Waals surface area contributed by atoms with Crippen LogP contribution in [0.25, 0.3) is 27.7 Å². The molecule has 1 aromatic heterocycles. The Kier molecular flexibility index (Phi) is 6.65. The van der Waals surface area contributed by atoms with Crippen LogP contribution in [0.5, 0.6) is 5.75 Å². The summed E-state index contributed by atoms with van der Waals surface area (Å²) >= 11 is 3.48. The van der Waals surface area contributed by atoms with Crippen LogP contribution in [0, 0.1) is 0 Å². The Labute approximate surface area is 185 Å². The van der Waals surface area contributed by atoms with E-state index in [2.05, 4.69) is 0 Å². The predicted octanol–water partition coefficient (Wildman–Crippen LogP) is 6.01. The summed E-state index contributed by atoms with van der Waals surface area (Å²) in [5.74, 6) is 2.55. The third-order valence-corrected chi connectivity index (χ3v) is 7.44. The van der Waals surface area contributed by atoms with Crippen molar-refractivity contribution in [1.82, 2.24) is 4.98 Å². The quantitative estimate of drug-likeness (QED) is 0.360. The normalized spacial score (nSPS) is 13.9. The lowest BCUT2D eigenvalue weighted by molar-refractivity contribution is -0.136. The number of rotatable bonds is 5. The largest absolute Gasteiger partial charge is 0.497 e. The molecule has 0 amide bonds. The maximum atomic E-state index is 13.1. The minimum Gasteiger partial charge on any atom is -0.497 e. The van der Waals surface area contributed by atoms with E-state index in [0.29, 0.717) is 12.2 Å². The van der Waals surface area contributed by atoms with Crippen molar-refractivity contribution in [2.45, 2.75) is 13.3 Å². The SMILES string of the molecule is CCOC(=O)C(=C1SCCCS1)c1cc(-c2ccc(OC)cc2)nc2ccccc12. The molecule has 1 aliphatic rings. The summed E-state index contributed by atoms with van der Waals surface area (Å²) in [4.78, 5) is 17.9. The van der Waals surface area contributed by atoms with Gasteiger partial charge in [0.15, 0.2) is 0 Å². The number of hydrogen-bond acceptors (Lipinski definition) is 6. The summed E-state index contributed by atoms with van der Waals surface area (Å²) in [5, 5.41) is 0.956. The molecule has 0 saturated carbocycles. The highest BCUT2D eigenvalue weighted by atomic mass is 32.2. The van der Waals surface area contributed by atoms with E-state index in [9.17, 15) is 4.79 Å². The van der Waals surface area contributed by atoms with Crippen molar-refractivity contribution in [3.63, 3.8) is 0 Å². The van der Waals surface area contributed by atoms with E-state index >= 15 is 0 Å². The van der Waals surface area contributed by atoms with Gasteiger partial charge in [-0.2, -0.15) is 0 Å². The van der Waals surface area contributed by atoms with Crippen LogP contribution in [-0.2, 0) is 9.53 Å². The van der Waals surface area contributed by atoms with Crippen LogP contribution < -0.4 is 4.74 Å². The maximum Gasteiger partial charge on any atom is 0.340 e. The Bertz CT molecular complexity index is 1090. The summed E-state index contributed by atoms with van der Waals surface area (Å²) in [5.41, 5.74) is 4.18. The van der Waals surface area contributed by atoms with Crippen LogP contribution in [0.1, 0.15) is 18.9 Å². The molecule has 0 atom stereocenters. The van der Waals surface area contributed by atoms with Crippen molar-refractivity contribution in [3.05, 3.63) is 64.4 Å². The Morgan fingerprint density at radius 1 is 1.07 bits per heavy atom. The third kappa shape index (κ3) is 4.35. The van der Waals surface area contributed by atoms with Gasteiger partial charge in [0, 0.05) is 16.5 Å². The highest BCUT2D eigenvalue weighted by molar-refractivity contribution is 8.23. The molecule has 3 aromatic rings. The fraction of sp³-hybridized carbons (Fsp3) is 0.250. The number of hydrogen-bond donors (Lipinski definition) is 0. The van der Waals surface area contributed by atoms with E-state index in [4.69, 9.17) is 14.5 Å². The Morgan fingerprint density at radius 2 is 1.80 bits per heavy atom. The van der Waals surface area contributed by atoms with Crippen LogP contribution in [0.15, 0.2) is 58.8 Å². The lowest BCUT2D eigenvalue weighted by atomic mass is 9.99. The first-order valence-corrected chi connectivity index (χ1v) is 11.9. The molecule has 2 aromatic carbocycles. The number of ether oxygens (including phenoxy) is 2. The molecule has 0 unspecified atom stereocenters. The molecule has 0 aliphatic carbocycles. The van der Waals surface area contributed by atoms with Gasteiger partial charge >= 0.3 is 5.97 Å². The second kappa shape index (κ2) is 9.58. The first-order valence-electron chi connectivity index (χ1n) is 9.93. The number of thioether (sulfide) groups is 2. The van der Waals surface area contributed by atoms with Gasteiger partial charge < -0.3 is 9.47 Å². The summed E-state index contributed by atoms with van der Waals surface area (Å²) in [6.07, 6.45) is 1.14. The number of aromatic nitrogens is 1. The molecule has 4 rings (SSSR count). The van der Waals surface area contributed by atoms with Crippen LogP contribution in [0.4, 0.5) is 0 Å². The summed E-state index contributed by atoms with van der Waals surface area (Å²) in [7, 11) is 1.65. The van der Waals surface area contributed by atoms with E-state index in [1.807, 2.05) is 61.5 Å². The molecule has 154 valence electrons. The number of fused-ring (bicyclic) bond motifs is 1. The van der Waals surface area contributed by atoms with Gasteiger partial charge in [-0.05, 0) is 61.2 Å². The summed E-state index contributed by atoms with van der Waals surface area (Å²) < 4.78 is 11.8. The number of benzene rings is 2. The van der Waals surface area contributed by atoms with Crippen molar-refractivity contribution in [2.24, 2.45) is 0 Å². The van der Waals surface area contributed by atoms with Crippen LogP contribution in [-0.4, -0.2) is 36.2 Å². The molecule has 4 nitrogen and oxygen atoms in total. The number of methoxy groups -OCH3 is 1. The molecular weight excluding hydrogens is 414 g/mol. The topological polar surface area (TPSA) is 48.4 Å². The molecule has 6 heteroatoms. The van der Waals surface area contributed by atoms with Crippen LogP contribution in [0.3, 0.4) is 0 Å². The van der Waals surface area contributed by atoms with E-state index < -0.39 is 0 Å². The molecule has 1 aliphatic heterocycles. The number of esters is 1. The Morgan fingerprint density at radius 3 is 2.50 bits per heavy atom. The fourth-order valence-corrected chi connectivity index (χ4v) is 6.01. The van der Waals surface area contributed by atoms with Gasteiger partial charge in [0.2, 0.25) is 0 Å². The zero-order valence-electron chi connectivity index (χ0n) is 17.0. The van der Waals surface area contributed by atoms with E-state index in [0.717, 1.165) is 55.6 Å². The average molecular weight is 438 g/mol. The number of carbonyl (C=O) groups is 1. The molecule has 0 bridgehead atoms. The van der Waals surface area contributed by atoms with Gasteiger partial charge in [-0.1, -0.05) is 18.2 Å². The summed E-state index contributed by atoms with van der Waals surface area (Å²) in [6, 6.07) is 17.8. The molecule has 1 fully saturated rings. The Hall–Kier alpha value is -2.44. The van der Waals surface area contributed by atoms with Gasteiger partial charge in [0.1, 0.15) is 5.75 Å². The number of carbonyl (C=O) groups excluding carboxylic acids is 1. The lowest BCUT2D eigenvalue weighted by Crippen LogP contribution is -2.10. The fourth-order valence-electron chi connectivity index (χ4n) is 3.37. The minimum absolute atomic E-state index is 0.272. The predicted molar refractivity (Wildman–Crippen MR) is 127 cm³/mol. The smallest absolute Gasteiger partial charge is 0.340 e. The van der Waals surface area contributed by atoms with Gasteiger partial charge in [-0.25, -0.2) is 9.78 Å². The molecular formula is C24H23NO3S2. The first kappa shape index (κ1) is 20.8. The zero-order chi connectivity index (χ0) is 20.9. The van der Waals surface area contributed by atoms with Gasteiger partial charge in [-0.3, -0.25) is 0 Å². The molecule has 2 heterocycles. The van der Waals surface area contributed by atoms with Crippen molar-refractivity contribution in [1.29, 1.82) is 0 Å². The monoisotopic (exact) mass is 437 g/mol. The number of para-hydroxylation sites is 1. The van der Waals surface area contributed by atoms with E-state index in [1.165, 1.54) is 0 Å². The van der Waals surface area contributed by atoms with Gasteiger partial charge in [-0.15, -0.1) is 23.5 Å². The average Bonchev–Trinajstić information content (AvgIpc) is 2.80. The van der Waals surface area contributed by atoms with Crippen LogP contribution >= 0.6 is 23.5 Å². The Balaban J connectivity index is 1.93. The second-order valence-corrected chi connectivity index (χ2v) is 9.20. The van der Waals surface area contributed by atoms with E-state index in [1.54, 1.807) is 30.6 Å². The first-order chi connectivity index (χ1) is 14.7. The second-order valence-electron chi connectivity index (χ2n) is 6.73. The third-order valence-electron chi connectivity index (χ3n) is 4.81. The zero-order valence-corrected chi connectivity index (χ0v) is 18.6. The van der Waals surface area contributed by atoms with Crippen molar-refractivity contribution in [3.8, 4) is 17.0 Å². The highest BCUT2D eigenvalue weighted by Crippen LogP contribution is 2.43. The summed E-state index contributed by atoms with van der Waals surface area (Å²) in [6.45, 7) is 2.19. The minimum atomic E-state index is -0.272. The van der Waals surface area contributed by atoms with Crippen molar-refractivity contribution in [2.75, 3.05) is 25.2 Å². The molecule has 0 radical (unpaired) electrons. The molecule has 0 N–H and O–H groups in total. The van der Waals surface area contributed by atoms with Gasteiger partial charge in [0.05, 0.1) is 34.7 Å². The van der Waals surface area contributed by atoms with E-state index in [-0.39, 0.29) is 5.97 Å². The lowest BCUT2D eigenvalue weighted by Gasteiger charge is -2.19. The maximum absolute atomic E-state index is 13.1. The number of nitrogens with zero attached hydrogens (tertiary/aromatic N) is 1. The number of pyridine rings is 1. The standard InChI is InChI=1S/C24H23NO3S2/c1-3-28-23(26)22(24-29-13-6-14-30-24)19-15-21(16-9-11-17(27-2)12-10-16)25-20-8-5-4-7-18(19)20/h4-5,7-12,15H,3,6,13-14H2,1-2H3. The van der Waals surface area contributed by atoms with Gasteiger partial charge in [0.25, 0.3) is 0 Å². The van der Waals surface area contributed by atoms with Crippen molar-refractivity contribution >= 4 is 46.0 Å². The molecule has 1 saturated heterocycles. The molecule has 0 spiro atoms. The van der Waals surface area contributed by atoms with Crippen molar-refractivity contribution < 1.29 is 14.3 Å². The molecule has 30 heavy (non-hydrogen) atoms. The highest BCUT2D eigenvalue weighted by Gasteiger charge is 2.24. The van der Waals surface area contributed by atoms with Crippen LogP contribution in [0.2, 0.25) is 0 Å².